The lowest BCUT2D eigenvalue weighted by Gasteiger charge is -2.06. The van der Waals surface area contributed by atoms with Crippen LogP contribution in [0.5, 0.6) is 5.75 Å². The van der Waals surface area contributed by atoms with Crippen LogP contribution in [0.1, 0.15) is 17.3 Å². The monoisotopic (exact) mass is 466 g/mol. The Kier molecular flexibility index (Phi) is 5.37. The highest BCUT2D eigenvalue weighted by atomic mass is 127. The minimum Gasteiger partial charge on any atom is -0.427 e. The highest BCUT2D eigenvalue weighted by Crippen LogP contribution is 2.22. The SMILES string of the molecule is CC(=O)Oc1cc(I)cc(C(=O)Nc2nc(S(C)(=O)=O)cs2)c1. The molecule has 0 radical (unpaired) electrons. The lowest BCUT2D eigenvalue weighted by molar-refractivity contribution is -0.131. The van der Waals surface area contributed by atoms with Gasteiger partial charge in [-0.15, -0.1) is 11.3 Å². The van der Waals surface area contributed by atoms with Gasteiger partial charge in [0.05, 0.1) is 0 Å². The molecule has 7 nitrogen and oxygen atoms in total. The maximum Gasteiger partial charge on any atom is 0.308 e. The van der Waals surface area contributed by atoms with Crippen molar-refractivity contribution in [3.8, 4) is 5.75 Å². The maximum atomic E-state index is 12.2. The Bertz CT molecular complexity index is 876. The van der Waals surface area contributed by atoms with E-state index < -0.39 is 21.7 Å². The summed E-state index contributed by atoms with van der Waals surface area (Å²) in [7, 11) is -3.42. The van der Waals surface area contributed by atoms with Crippen molar-refractivity contribution in [1.29, 1.82) is 0 Å². The molecule has 2 rings (SSSR count). The number of anilines is 1. The second-order valence-corrected chi connectivity index (χ2v) is 8.55. The second kappa shape index (κ2) is 6.93. The van der Waals surface area contributed by atoms with Crippen molar-refractivity contribution in [2.24, 2.45) is 0 Å². The maximum absolute atomic E-state index is 12.2. The van der Waals surface area contributed by atoms with Crippen molar-refractivity contribution in [3.63, 3.8) is 0 Å². The fourth-order valence-electron chi connectivity index (χ4n) is 1.57. The first kappa shape index (κ1) is 17.8. The van der Waals surface area contributed by atoms with Gasteiger partial charge in [-0.25, -0.2) is 13.4 Å². The topological polar surface area (TPSA) is 102 Å². The van der Waals surface area contributed by atoms with Crippen LogP contribution >= 0.6 is 33.9 Å². The van der Waals surface area contributed by atoms with E-state index in [1.807, 2.05) is 22.6 Å². The Morgan fingerprint density at radius 3 is 2.57 bits per heavy atom. The standard InChI is InChI=1S/C13H11IN2O5S2/c1-7(17)21-10-4-8(3-9(14)5-10)12(18)16-13-15-11(6-22-13)23(2,19)20/h3-6H,1-2H3,(H,15,16,18). The number of amides is 1. The molecule has 0 saturated carbocycles. The van der Waals surface area contributed by atoms with Gasteiger partial charge in [0.15, 0.2) is 20.0 Å². The van der Waals surface area contributed by atoms with Gasteiger partial charge < -0.3 is 4.74 Å². The first-order valence-electron chi connectivity index (χ1n) is 6.11. The first-order chi connectivity index (χ1) is 10.6. The number of nitrogens with zero attached hydrogens (tertiary/aromatic N) is 1. The second-order valence-electron chi connectivity index (χ2n) is 4.49. The lowest BCUT2D eigenvalue weighted by Crippen LogP contribution is -2.13. The van der Waals surface area contributed by atoms with Crippen molar-refractivity contribution >= 4 is 60.8 Å². The van der Waals surface area contributed by atoms with E-state index in [2.05, 4.69) is 10.3 Å². The van der Waals surface area contributed by atoms with E-state index in [0.29, 0.717) is 3.57 Å². The number of benzene rings is 1. The number of carbonyl (C=O) groups excluding carboxylic acids is 2. The Balaban J connectivity index is 2.22. The molecule has 1 aromatic heterocycles. The van der Waals surface area contributed by atoms with Crippen molar-refractivity contribution in [1.82, 2.24) is 4.98 Å². The van der Waals surface area contributed by atoms with Gasteiger partial charge in [0.25, 0.3) is 5.91 Å². The van der Waals surface area contributed by atoms with Crippen LogP contribution in [0, 0.1) is 3.57 Å². The molecule has 0 bridgehead atoms. The number of hydrogen-bond acceptors (Lipinski definition) is 7. The molecule has 122 valence electrons. The summed E-state index contributed by atoms with van der Waals surface area (Å²) in [5.41, 5.74) is 0.268. The number of nitrogens with one attached hydrogen (secondary N) is 1. The van der Waals surface area contributed by atoms with Gasteiger partial charge in [-0.1, -0.05) is 0 Å². The molecule has 0 atom stereocenters. The van der Waals surface area contributed by atoms with Crippen LogP contribution in [0.15, 0.2) is 28.6 Å². The molecular formula is C13H11IN2O5S2. The van der Waals surface area contributed by atoms with Crippen LogP contribution in [0.2, 0.25) is 0 Å². The smallest absolute Gasteiger partial charge is 0.308 e. The minimum atomic E-state index is -3.42. The number of hydrogen-bond donors (Lipinski definition) is 1. The van der Waals surface area contributed by atoms with E-state index in [0.717, 1.165) is 17.6 Å². The fraction of sp³-hybridized carbons (Fsp3) is 0.154. The van der Waals surface area contributed by atoms with Crippen molar-refractivity contribution in [2.45, 2.75) is 11.9 Å². The highest BCUT2D eigenvalue weighted by molar-refractivity contribution is 14.1. The molecule has 2 aromatic rings. The van der Waals surface area contributed by atoms with Crippen LogP contribution in [0.4, 0.5) is 5.13 Å². The van der Waals surface area contributed by atoms with Crippen LogP contribution in [0.25, 0.3) is 0 Å². The van der Waals surface area contributed by atoms with Crippen molar-refractivity contribution < 1.29 is 22.7 Å². The number of rotatable bonds is 4. The number of carbonyl (C=O) groups is 2. The van der Waals surface area contributed by atoms with Gasteiger partial charge >= 0.3 is 5.97 Å². The lowest BCUT2D eigenvalue weighted by atomic mass is 10.2. The quantitative estimate of drug-likeness (QED) is 0.422. The zero-order chi connectivity index (χ0) is 17.2. The molecule has 0 unspecified atom stereocenters. The summed E-state index contributed by atoms with van der Waals surface area (Å²) < 4.78 is 28.4. The van der Waals surface area contributed by atoms with Gasteiger partial charge in [0, 0.05) is 27.7 Å². The van der Waals surface area contributed by atoms with Gasteiger partial charge in [-0.3, -0.25) is 14.9 Å². The summed E-state index contributed by atoms with van der Waals surface area (Å²) in [6, 6.07) is 4.64. The number of thiazole rings is 1. The largest absolute Gasteiger partial charge is 0.427 e. The minimum absolute atomic E-state index is 0.0963. The number of halogens is 1. The summed E-state index contributed by atoms with van der Waals surface area (Å²) in [6.45, 7) is 1.27. The normalized spacial score (nSPS) is 11.1. The number of esters is 1. The molecule has 0 fully saturated rings. The zero-order valence-corrected chi connectivity index (χ0v) is 15.8. The van der Waals surface area contributed by atoms with E-state index in [9.17, 15) is 18.0 Å². The molecule has 1 N–H and O–H groups in total. The van der Waals surface area contributed by atoms with Gasteiger partial charge in [-0.05, 0) is 40.8 Å². The highest BCUT2D eigenvalue weighted by Gasteiger charge is 2.15. The summed E-state index contributed by atoms with van der Waals surface area (Å²) >= 11 is 3.00. The summed E-state index contributed by atoms with van der Waals surface area (Å²) in [5.74, 6) is -0.715. The van der Waals surface area contributed by atoms with Crippen LogP contribution in [-0.2, 0) is 14.6 Å². The molecule has 0 aliphatic carbocycles. The Morgan fingerprint density at radius 1 is 1.30 bits per heavy atom. The first-order valence-corrected chi connectivity index (χ1v) is 9.96. The van der Waals surface area contributed by atoms with Crippen molar-refractivity contribution in [3.05, 3.63) is 32.7 Å². The Labute approximate surface area is 150 Å². The molecule has 0 aliphatic rings. The predicted molar refractivity (Wildman–Crippen MR) is 93.6 cm³/mol. The van der Waals surface area contributed by atoms with E-state index in [1.165, 1.54) is 18.4 Å². The molecule has 1 aromatic carbocycles. The van der Waals surface area contributed by atoms with E-state index in [4.69, 9.17) is 4.74 Å². The molecule has 1 amide bonds. The van der Waals surface area contributed by atoms with Gasteiger partial charge in [-0.2, -0.15) is 0 Å². The summed E-state index contributed by atoms with van der Waals surface area (Å²) in [6.07, 6.45) is 1.04. The number of sulfone groups is 1. The number of ether oxygens (including phenoxy) is 1. The van der Waals surface area contributed by atoms with Crippen LogP contribution in [0.3, 0.4) is 0 Å². The van der Waals surface area contributed by atoms with E-state index in [-0.39, 0.29) is 21.5 Å². The van der Waals surface area contributed by atoms with Gasteiger partial charge in [0.2, 0.25) is 0 Å². The molecule has 0 aliphatic heterocycles. The van der Waals surface area contributed by atoms with Crippen LogP contribution < -0.4 is 10.1 Å². The summed E-state index contributed by atoms with van der Waals surface area (Å²) in [5, 5.41) is 3.94. The average molecular weight is 466 g/mol. The zero-order valence-electron chi connectivity index (χ0n) is 12.0. The van der Waals surface area contributed by atoms with Crippen molar-refractivity contribution in [2.75, 3.05) is 11.6 Å². The fourth-order valence-corrected chi connectivity index (χ4v) is 3.94. The average Bonchev–Trinajstić information content (AvgIpc) is 2.85. The Morgan fingerprint density at radius 2 is 2.00 bits per heavy atom. The molecular weight excluding hydrogens is 455 g/mol. The molecule has 0 saturated heterocycles. The summed E-state index contributed by atoms with van der Waals surface area (Å²) in [4.78, 5) is 27.1. The molecule has 0 spiro atoms. The van der Waals surface area contributed by atoms with Gasteiger partial charge in [0.1, 0.15) is 5.75 Å². The third-order valence-corrected chi connectivity index (χ3v) is 4.98. The molecule has 1 heterocycles. The molecule has 23 heavy (non-hydrogen) atoms. The predicted octanol–water partition coefficient (Wildman–Crippen LogP) is 2.33. The van der Waals surface area contributed by atoms with E-state index in [1.54, 1.807) is 12.1 Å². The third kappa shape index (κ3) is 4.97. The number of aromatic nitrogens is 1. The molecule has 10 heteroatoms. The Hall–Kier alpha value is -1.53. The van der Waals surface area contributed by atoms with Crippen LogP contribution in [-0.4, -0.2) is 31.5 Å². The van der Waals surface area contributed by atoms with E-state index >= 15 is 0 Å². The third-order valence-electron chi connectivity index (χ3n) is 2.48.